The summed E-state index contributed by atoms with van der Waals surface area (Å²) in [5.41, 5.74) is -0.319. The summed E-state index contributed by atoms with van der Waals surface area (Å²) in [5.74, 6) is 0.387. The van der Waals surface area contributed by atoms with Gasteiger partial charge >= 0.3 is 5.97 Å². The van der Waals surface area contributed by atoms with E-state index in [2.05, 4.69) is 79.1 Å². The zero-order valence-electron chi connectivity index (χ0n) is 18.3. The van der Waals surface area contributed by atoms with E-state index in [1.807, 2.05) is 19.1 Å². The van der Waals surface area contributed by atoms with Crippen molar-refractivity contribution in [1.82, 2.24) is 0 Å². The van der Waals surface area contributed by atoms with Crippen LogP contribution in [0.3, 0.4) is 0 Å². The van der Waals surface area contributed by atoms with Gasteiger partial charge in [0.1, 0.15) is 11.4 Å². The first-order valence-corrected chi connectivity index (χ1v) is 12.9. The van der Waals surface area contributed by atoms with Crippen LogP contribution in [0, 0.1) is 0 Å². The van der Waals surface area contributed by atoms with Crippen molar-refractivity contribution in [3.05, 3.63) is 84.9 Å². The number of ether oxygens (including phenoxy) is 2. The summed E-state index contributed by atoms with van der Waals surface area (Å²) in [7, 11) is -1.39. The second kappa shape index (κ2) is 9.19. The SMILES string of the molecule is CC1(OC(=O)COc2ccc(S(C)(c3ccccc3)c3ccccc3)cc2)CCCC1. The molecule has 1 fully saturated rings. The van der Waals surface area contributed by atoms with Gasteiger partial charge < -0.3 is 9.47 Å². The summed E-state index contributed by atoms with van der Waals surface area (Å²) in [4.78, 5) is 16.1. The first kappa shape index (κ1) is 21.5. The van der Waals surface area contributed by atoms with Crippen molar-refractivity contribution in [3.63, 3.8) is 0 Å². The molecule has 162 valence electrons. The van der Waals surface area contributed by atoms with Crippen LogP contribution in [0.4, 0.5) is 0 Å². The highest BCUT2D eigenvalue weighted by atomic mass is 32.3. The Labute approximate surface area is 186 Å². The first-order valence-electron chi connectivity index (χ1n) is 10.8. The summed E-state index contributed by atoms with van der Waals surface area (Å²) in [6.45, 7) is 1.96. The molecule has 1 saturated carbocycles. The van der Waals surface area contributed by atoms with Gasteiger partial charge in [0.15, 0.2) is 6.61 Å². The third-order valence-electron chi connectivity index (χ3n) is 6.10. The second-order valence-corrected chi connectivity index (χ2v) is 11.7. The lowest BCUT2D eigenvalue weighted by atomic mass is 10.1. The fraction of sp³-hybridized carbons (Fsp3) is 0.296. The second-order valence-electron chi connectivity index (χ2n) is 8.44. The Kier molecular flexibility index (Phi) is 6.38. The maximum atomic E-state index is 12.2. The number of rotatable bonds is 7. The highest BCUT2D eigenvalue weighted by Gasteiger charge is 2.32. The van der Waals surface area contributed by atoms with Crippen molar-refractivity contribution < 1.29 is 14.3 Å². The molecule has 4 rings (SSSR count). The fourth-order valence-corrected chi connectivity index (χ4v) is 7.17. The molecule has 4 heteroatoms. The van der Waals surface area contributed by atoms with Crippen molar-refractivity contribution >= 4 is 16.0 Å². The monoisotopic (exact) mass is 434 g/mol. The van der Waals surface area contributed by atoms with Gasteiger partial charge in [0.05, 0.1) is 0 Å². The summed E-state index contributed by atoms with van der Waals surface area (Å²) < 4.78 is 11.4. The molecule has 3 nitrogen and oxygen atoms in total. The topological polar surface area (TPSA) is 35.5 Å². The average molecular weight is 435 g/mol. The minimum Gasteiger partial charge on any atom is -0.482 e. The summed E-state index contributed by atoms with van der Waals surface area (Å²) >= 11 is 0. The Hall–Kier alpha value is -2.72. The number of carbonyl (C=O) groups excluding carboxylic acids is 1. The van der Waals surface area contributed by atoms with Gasteiger partial charge in [-0.05, 0) is 102 Å². The van der Waals surface area contributed by atoms with Crippen LogP contribution in [-0.4, -0.2) is 24.4 Å². The van der Waals surface area contributed by atoms with Gasteiger partial charge in [0.2, 0.25) is 0 Å². The molecule has 3 aromatic rings. The van der Waals surface area contributed by atoms with Crippen LogP contribution in [0.25, 0.3) is 0 Å². The predicted octanol–water partition coefficient (Wildman–Crippen LogP) is 6.85. The molecule has 0 aliphatic heterocycles. The molecule has 1 aliphatic rings. The summed E-state index contributed by atoms with van der Waals surface area (Å²) in [6.07, 6.45) is 6.45. The zero-order valence-corrected chi connectivity index (χ0v) is 19.1. The van der Waals surface area contributed by atoms with E-state index in [0.29, 0.717) is 5.75 Å². The van der Waals surface area contributed by atoms with E-state index >= 15 is 0 Å². The number of esters is 1. The molecule has 0 radical (unpaired) electrons. The van der Waals surface area contributed by atoms with E-state index in [4.69, 9.17) is 9.47 Å². The molecule has 31 heavy (non-hydrogen) atoms. The largest absolute Gasteiger partial charge is 0.482 e. The van der Waals surface area contributed by atoms with E-state index in [1.165, 1.54) is 14.7 Å². The van der Waals surface area contributed by atoms with Gasteiger partial charge in [0.25, 0.3) is 0 Å². The minimum atomic E-state index is -1.39. The van der Waals surface area contributed by atoms with E-state index < -0.39 is 10.0 Å². The van der Waals surface area contributed by atoms with Crippen LogP contribution in [0.15, 0.2) is 99.6 Å². The van der Waals surface area contributed by atoms with Crippen LogP contribution >= 0.6 is 10.0 Å². The lowest BCUT2D eigenvalue weighted by molar-refractivity contribution is -0.159. The lowest BCUT2D eigenvalue weighted by Gasteiger charge is -2.37. The molecule has 0 unspecified atom stereocenters. The van der Waals surface area contributed by atoms with Crippen LogP contribution < -0.4 is 4.74 Å². The van der Waals surface area contributed by atoms with Crippen LogP contribution in [0.1, 0.15) is 32.6 Å². The van der Waals surface area contributed by atoms with Crippen molar-refractivity contribution in [2.45, 2.75) is 52.9 Å². The maximum absolute atomic E-state index is 12.2. The molecule has 0 atom stereocenters. The van der Waals surface area contributed by atoms with Gasteiger partial charge in [-0.3, -0.25) is 0 Å². The number of benzene rings is 3. The van der Waals surface area contributed by atoms with Crippen molar-refractivity contribution in [3.8, 4) is 5.75 Å². The van der Waals surface area contributed by atoms with Crippen LogP contribution in [0.5, 0.6) is 5.75 Å². The van der Waals surface area contributed by atoms with E-state index in [0.717, 1.165) is 25.7 Å². The molecule has 1 aliphatic carbocycles. The summed E-state index contributed by atoms with van der Waals surface area (Å²) in [5, 5.41) is 0. The zero-order chi connectivity index (χ0) is 21.7. The third-order valence-corrected chi connectivity index (χ3v) is 9.75. The molecule has 0 bridgehead atoms. The van der Waals surface area contributed by atoms with Crippen LogP contribution in [-0.2, 0) is 9.53 Å². The Balaban J connectivity index is 1.51. The molecule has 0 N–H and O–H groups in total. The number of hydrogen-bond donors (Lipinski definition) is 0. The van der Waals surface area contributed by atoms with Crippen molar-refractivity contribution in [2.75, 3.05) is 12.9 Å². The van der Waals surface area contributed by atoms with Gasteiger partial charge in [-0.25, -0.2) is 4.79 Å². The minimum absolute atomic E-state index is 0.0591. The molecule has 0 saturated heterocycles. The van der Waals surface area contributed by atoms with Crippen LogP contribution in [0.2, 0.25) is 0 Å². The standard InChI is InChI=1S/C27H30O3S/c1-27(19-9-10-20-27)30-26(28)21-29-22-15-17-25(18-16-22)31(2,23-11-5-3-6-12-23)24-13-7-4-8-14-24/h3-8,11-18H,9-10,19-21H2,1-2H3. The quantitative estimate of drug-likeness (QED) is 0.381. The lowest BCUT2D eigenvalue weighted by Crippen LogP contribution is -2.30. The Morgan fingerprint density at radius 2 is 1.29 bits per heavy atom. The van der Waals surface area contributed by atoms with E-state index in [9.17, 15) is 4.79 Å². The van der Waals surface area contributed by atoms with E-state index in [1.54, 1.807) is 0 Å². The highest BCUT2D eigenvalue weighted by molar-refractivity contribution is 8.33. The molecule has 3 aromatic carbocycles. The van der Waals surface area contributed by atoms with Crippen molar-refractivity contribution in [1.29, 1.82) is 0 Å². The highest BCUT2D eigenvalue weighted by Crippen LogP contribution is 2.65. The first-order chi connectivity index (χ1) is 15.0. The average Bonchev–Trinajstić information content (AvgIpc) is 3.24. The maximum Gasteiger partial charge on any atom is 0.344 e. The van der Waals surface area contributed by atoms with Gasteiger partial charge in [0, 0.05) is 0 Å². The molecule has 0 amide bonds. The Morgan fingerprint density at radius 3 is 1.81 bits per heavy atom. The molecular weight excluding hydrogens is 404 g/mol. The number of carbonyl (C=O) groups is 1. The fourth-order valence-electron chi connectivity index (χ4n) is 4.27. The van der Waals surface area contributed by atoms with Gasteiger partial charge in [-0.2, -0.15) is 10.0 Å². The molecule has 0 heterocycles. The Bertz CT molecular complexity index is 954. The molecule has 0 spiro atoms. The molecular formula is C27H30O3S. The van der Waals surface area contributed by atoms with Gasteiger partial charge in [-0.1, -0.05) is 36.4 Å². The Morgan fingerprint density at radius 1 is 0.806 bits per heavy atom. The predicted molar refractivity (Wildman–Crippen MR) is 126 cm³/mol. The third kappa shape index (κ3) is 4.80. The number of hydrogen-bond acceptors (Lipinski definition) is 3. The van der Waals surface area contributed by atoms with Gasteiger partial charge in [-0.15, -0.1) is 0 Å². The van der Waals surface area contributed by atoms with E-state index in [-0.39, 0.29) is 18.2 Å². The summed E-state index contributed by atoms with van der Waals surface area (Å²) in [6, 6.07) is 29.4. The smallest absolute Gasteiger partial charge is 0.344 e. The van der Waals surface area contributed by atoms with Crippen molar-refractivity contribution in [2.24, 2.45) is 0 Å². The molecule has 0 aromatic heterocycles. The normalized spacial score (nSPS) is 15.9.